The van der Waals surface area contributed by atoms with E-state index in [1.807, 2.05) is 24.3 Å². The van der Waals surface area contributed by atoms with Gasteiger partial charge in [-0.15, -0.1) is 0 Å². The molecule has 0 radical (unpaired) electrons. The van der Waals surface area contributed by atoms with Gasteiger partial charge in [-0.3, -0.25) is 5.43 Å². The zero-order valence-corrected chi connectivity index (χ0v) is 9.70. The van der Waals surface area contributed by atoms with Crippen LogP contribution in [0, 0.1) is 0 Å². The monoisotopic (exact) mass is 229 g/mol. The molecule has 0 atom stereocenters. The van der Waals surface area contributed by atoms with Gasteiger partial charge in [0.05, 0.1) is 5.52 Å². The van der Waals surface area contributed by atoms with Gasteiger partial charge in [-0.05, 0) is 31.9 Å². The molecule has 0 amide bonds. The lowest BCUT2D eigenvalue weighted by Gasteiger charge is -2.15. The van der Waals surface area contributed by atoms with Crippen molar-refractivity contribution in [1.82, 2.24) is 9.97 Å². The lowest BCUT2D eigenvalue weighted by molar-refractivity contribution is 0.822. The maximum Gasteiger partial charge on any atom is 0.239 e. The number of hydrazine groups is 1. The summed E-state index contributed by atoms with van der Waals surface area (Å²) < 4.78 is 0. The summed E-state index contributed by atoms with van der Waals surface area (Å²) in [5.74, 6) is 6.68. The largest absolute Gasteiger partial charge is 0.364 e. The van der Waals surface area contributed by atoms with Crippen molar-refractivity contribution in [3.05, 3.63) is 24.3 Å². The first-order valence-electron chi connectivity index (χ1n) is 5.72. The van der Waals surface area contributed by atoms with Crippen molar-refractivity contribution in [3.63, 3.8) is 0 Å². The van der Waals surface area contributed by atoms with Crippen LogP contribution in [0.4, 0.5) is 11.8 Å². The number of benzene rings is 1. The molecule has 1 aromatic carbocycles. The Kier molecular flexibility index (Phi) is 2.16. The van der Waals surface area contributed by atoms with Crippen LogP contribution in [-0.2, 0) is 0 Å². The summed E-state index contributed by atoms with van der Waals surface area (Å²) in [6.45, 7) is 2.19. The topological polar surface area (TPSA) is 75.9 Å². The van der Waals surface area contributed by atoms with Gasteiger partial charge in [0.2, 0.25) is 5.95 Å². The van der Waals surface area contributed by atoms with Gasteiger partial charge in [-0.1, -0.05) is 12.1 Å². The normalized spacial score (nSPS) is 16.8. The Labute approximate surface area is 99.4 Å². The van der Waals surface area contributed by atoms with Crippen LogP contribution in [0.1, 0.15) is 19.8 Å². The molecule has 5 nitrogen and oxygen atoms in total. The number of hydrogen-bond acceptors (Lipinski definition) is 5. The van der Waals surface area contributed by atoms with Gasteiger partial charge in [0.15, 0.2) is 0 Å². The van der Waals surface area contributed by atoms with Gasteiger partial charge >= 0.3 is 0 Å². The van der Waals surface area contributed by atoms with Gasteiger partial charge < -0.3 is 5.32 Å². The smallest absolute Gasteiger partial charge is 0.239 e. The van der Waals surface area contributed by atoms with E-state index in [-0.39, 0.29) is 5.54 Å². The molecule has 5 heteroatoms. The Balaban J connectivity index is 2.12. The molecular formula is C12H15N5. The summed E-state index contributed by atoms with van der Waals surface area (Å²) in [6.07, 6.45) is 2.35. The van der Waals surface area contributed by atoms with Crippen LogP contribution in [0.15, 0.2) is 24.3 Å². The molecule has 4 N–H and O–H groups in total. The third-order valence-corrected chi connectivity index (χ3v) is 3.15. The molecule has 0 unspecified atom stereocenters. The maximum absolute atomic E-state index is 5.39. The van der Waals surface area contributed by atoms with E-state index in [9.17, 15) is 0 Å². The number of rotatable bonds is 3. The summed E-state index contributed by atoms with van der Waals surface area (Å²) in [5.41, 5.74) is 3.58. The van der Waals surface area contributed by atoms with E-state index in [1.165, 1.54) is 12.8 Å². The summed E-state index contributed by atoms with van der Waals surface area (Å²) in [6, 6.07) is 7.92. The molecule has 0 saturated heterocycles. The Morgan fingerprint density at radius 2 is 2.00 bits per heavy atom. The highest BCUT2D eigenvalue weighted by Gasteiger charge is 2.37. The van der Waals surface area contributed by atoms with Crippen molar-refractivity contribution >= 4 is 22.7 Å². The van der Waals surface area contributed by atoms with Crippen LogP contribution in [0.5, 0.6) is 0 Å². The standard InChI is InChI=1S/C12H15N5/c1-12(6-7-12)16-10-8-4-2-3-5-9(8)14-11(15-10)17-13/h2-5H,6-7,13H2,1H3,(H2,14,15,16,17). The molecule has 1 fully saturated rings. The summed E-state index contributed by atoms with van der Waals surface area (Å²) in [7, 11) is 0. The number of nitrogens with two attached hydrogens (primary N) is 1. The first-order chi connectivity index (χ1) is 8.20. The third kappa shape index (κ3) is 1.89. The average Bonchev–Trinajstić information content (AvgIpc) is 3.06. The zero-order chi connectivity index (χ0) is 11.9. The minimum absolute atomic E-state index is 0.184. The van der Waals surface area contributed by atoms with Crippen LogP contribution < -0.4 is 16.6 Å². The molecule has 0 bridgehead atoms. The van der Waals surface area contributed by atoms with E-state index < -0.39 is 0 Å². The predicted octanol–water partition coefficient (Wildman–Crippen LogP) is 1.88. The Morgan fingerprint density at radius 3 is 2.71 bits per heavy atom. The lowest BCUT2D eigenvalue weighted by Crippen LogP contribution is -2.19. The van der Waals surface area contributed by atoms with E-state index in [1.54, 1.807) is 0 Å². The molecular weight excluding hydrogens is 214 g/mol. The van der Waals surface area contributed by atoms with Crippen molar-refractivity contribution in [3.8, 4) is 0 Å². The number of anilines is 2. The fourth-order valence-corrected chi connectivity index (χ4v) is 1.83. The molecule has 0 aliphatic heterocycles. The molecule has 1 heterocycles. The summed E-state index contributed by atoms with van der Waals surface area (Å²) in [4.78, 5) is 8.70. The van der Waals surface area contributed by atoms with Gasteiger partial charge in [-0.2, -0.15) is 4.98 Å². The van der Waals surface area contributed by atoms with Crippen molar-refractivity contribution < 1.29 is 0 Å². The van der Waals surface area contributed by atoms with Crippen molar-refractivity contribution in [2.24, 2.45) is 5.84 Å². The lowest BCUT2D eigenvalue weighted by atomic mass is 10.2. The fraction of sp³-hybridized carbons (Fsp3) is 0.333. The molecule has 88 valence electrons. The highest BCUT2D eigenvalue weighted by molar-refractivity contribution is 5.90. The molecule has 0 spiro atoms. The number of nitrogens with one attached hydrogen (secondary N) is 2. The van der Waals surface area contributed by atoms with Crippen molar-refractivity contribution in [2.75, 3.05) is 10.7 Å². The Bertz CT molecular complexity index is 562. The van der Waals surface area contributed by atoms with Crippen molar-refractivity contribution in [1.29, 1.82) is 0 Å². The fourth-order valence-electron chi connectivity index (χ4n) is 1.83. The SMILES string of the molecule is CC1(Nc2nc(NN)nc3ccccc23)CC1. The number of hydrogen-bond donors (Lipinski definition) is 3. The van der Waals surface area contributed by atoms with Crippen LogP contribution in [-0.4, -0.2) is 15.5 Å². The Morgan fingerprint density at radius 1 is 1.24 bits per heavy atom. The average molecular weight is 229 g/mol. The molecule has 3 rings (SSSR count). The van der Waals surface area contributed by atoms with E-state index in [2.05, 4.69) is 27.6 Å². The molecule has 1 aromatic heterocycles. The van der Waals surface area contributed by atoms with E-state index in [0.29, 0.717) is 5.95 Å². The number of aromatic nitrogens is 2. The van der Waals surface area contributed by atoms with Crippen molar-refractivity contribution in [2.45, 2.75) is 25.3 Å². The number of nitrogen functional groups attached to an aromatic ring is 1. The minimum Gasteiger partial charge on any atom is -0.364 e. The number of nitrogens with zero attached hydrogens (tertiary/aromatic N) is 2. The van der Waals surface area contributed by atoms with Gasteiger partial charge in [0.1, 0.15) is 5.82 Å². The van der Waals surface area contributed by atoms with Gasteiger partial charge in [0.25, 0.3) is 0 Å². The van der Waals surface area contributed by atoms with E-state index >= 15 is 0 Å². The number of para-hydroxylation sites is 1. The van der Waals surface area contributed by atoms with E-state index in [4.69, 9.17) is 5.84 Å². The molecule has 1 saturated carbocycles. The molecule has 1 aliphatic carbocycles. The van der Waals surface area contributed by atoms with Crippen LogP contribution in [0.3, 0.4) is 0 Å². The minimum atomic E-state index is 0.184. The molecule has 1 aliphatic rings. The predicted molar refractivity (Wildman–Crippen MR) is 68.6 cm³/mol. The highest BCUT2D eigenvalue weighted by atomic mass is 15.3. The molecule has 2 aromatic rings. The maximum atomic E-state index is 5.39. The number of fused-ring (bicyclic) bond motifs is 1. The first kappa shape index (κ1) is 10.3. The first-order valence-corrected chi connectivity index (χ1v) is 5.72. The quantitative estimate of drug-likeness (QED) is 0.553. The third-order valence-electron chi connectivity index (χ3n) is 3.15. The Hall–Kier alpha value is -1.88. The highest BCUT2D eigenvalue weighted by Crippen LogP contribution is 2.39. The van der Waals surface area contributed by atoms with Crippen LogP contribution in [0.25, 0.3) is 10.9 Å². The van der Waals surface area contributed by atoms with Crippen LogP contribution in [0.2, 0.25) is 0 Å². The van der Waals surface area contributed by atoms with Gasteiger partial charge in [0, 0.05) is 10.9 Å². The second-order valence-corrected chi connectivity index (χ2v) is 4.74. The van der Waals surface area contributed by atoms with E-state index in [0.717, 1.165) is 16.7 Å². The molecule has 17 heavy (non-hydrogen) atoms. The summed E-state index contributed by atoms with van der Waals surface area (Å²) >= 11 is 0. The summed E-state index contributed by atoms with van der Waals surface area (Å²) in [5, 5.41) is 4.49. The second kappa shape index (κ2) is 3.56. The van der Waals surface area contributed by atoms with Crippen LogP contribution >= 0.6 is 0 Å². The zero-order valence-electron chi connectivity index (χ0n) is 9.70. The van der Waals surface area contributed by atoms with Gasteiger partial charge in [-0.25, -0.2) is 10.8 Å². The second-order valence-electron chi connectivity index (χ2n) is 4.74.